The number of benzene rings is 1. The summed E-state index contributed by atoms with van der Waals surface area (Å²) in [6.07, 6.45) is 1.11. The molecule has 1 nitrogen and oxygen atoms in total. The average molecular weight is 205 g/mol. The van der Waals surface area contributed by atoms with Crippen LogP contribution in [0, 0.1) is 12.8 Å². The highest BCUT2D eigenvalue weighted by molar-refractivity contribution is 5.25. The normalized spacial score (nSPS) is 15.3. The van der Waals surface area contributed by atoms with E-state index >= 15 is 0 Å². The highest BCUT2D eigenvalue weighted by Crippen LogP contribution is 2.26. The van der Waals surface area contributed by atoms with Crippen molar-refractivity contribution in [1.29, 1.82) is 0 Å². The molecular formula is C14H23N. The summed E-state index contributed by atoms with van der Waals surface area (Å²) in [6, 6.07) is 9.03. The van der Waals surface area contributed by atoms with Gasteiger partial charge in [0.25, 0.3) is 0 Å². The highest BCUT2D eigenvalue weighted by atomic mass is 14.7. The van der Waals surface area contributed by atoms with E-state index in [9.17, 15) is 0 Å². The maximum atomic E-state index is 6.24. The zero-order valence-corrected chi connectivity index (χ0v) is 10.3. The Morgan fingerprint density at radius 1 is 1.13 bits per heavy atom. The van der Waals surface area contributed by atoms with Gasteiger partial charge in [-0.3, -0.25) is 0 Å². The van der Waals surface area contributed by atoms with E-state index in [1.54, 1.807) is 0 Å². The molecule has 1 aromatic rings. The van der Waals surface area contributed by atoms with E-state index in [-0.39, 0.29) is 6.04 Å². The molecule has 2 atom stereocenters. The first kappa shape index (κ1) is 12.3. The molecule has 0 aliphatic carbocycles. The van der Waals surface area contributed by atoms with Gasteiger partial charge < -0.3 is 5.73 Å². The van der Waals surface area contributed by atoms with E-state index in [2.05, 4.69) is 52.0 Å². The van der Waals surface area contributed by atoms with Crippen LogP contribution in [0.15, 0.2) is 24.3 Å². The van der Waals surface area contributed by atoms with Gasteiger partial charge in [0.05, 0.1) is 0 Å². The Hall–Kier alpha value is -0.820. The first-order valence-corrected chi connectivity index (χ1v) is 5.88. The summed E-state index contributed by atoms with van der Waals surface area (Å²) in [6.45, 7) is 8.73. The molecular weight excluding hydrogens is 182 g/mol. The van der Waals surface area contributed by atoms with Crippen LogP contribution in [0.3, 0.4) is 0 Å². The van der Waals surface area contributed by atoms with Crippen LogP contribution in [-0.2, 0) is 0 Å². The molecule has 2 N–H and O–H groups in total. The zero-order chi connectivity index (χ0) is 11.4. The minimum Gasteiger partial charge on any atom is -0.327 e. The largest absolute Gasteiger partial charge is 0.327 e. The van der Waals surface area contributed by atoms with Crippen LogP contribution in [0.2, 0.25) is 0 Å². The third kappa shape index (κ3) is 3.07. The van der Waals surface area contributed by atoms with Crippen molar-refractivity contribution in [1.82, 2.24) is 0 Å². The van der Waals surface area contributed by atoms with E-state index < -0.39 is 0 Å². The Labute approximate surface area is 93.7 Å². The molecule has 2 unspecified atom stereocenters. The van der Waals surface area contributed by atoms with Crippen LogP contribution in [0.4, 0.5) is 0 Å². The molecule has 0 radical (unpaired) electrons. The average Bonchev–Trinajstić information content (AvgIpc) is 2.21. The number of rotatable bonds is 4. The molecule has 1 aromatic carbocycles. The predicted molar refractivity (Wildman–Crippen MR) is 67.0 cm³/mol. The van der Waals surface area contributed by atoms with Crippen LogP contribution in [0.5, 0.6) is 0 Å². The van der Waals surface area contributed by atoms with E-state index in [1.165, 1.54) is 11.1 Å². The molecule has 15 heavy (non-hydrogen) atoms. The minimum atomic E-state index is 0.262. The van der Waals surface area contributed by atoms with Gasteiger partial charge in [-0.2, -0.15) is 0 Å². The summed E-state index contributed by atoms with van der Waals surface area (Å²) in [4.78, 5) is 0. The molecule has 0 aromatic heterocycles. The fraction of sp³-hybridized carbons (Fsp3) is 0.571. The van der Waals surface area contributed by atoms with Crippen LogP contribution in [-0.4, -0.2) is 6.04 Å². The quantitative estimate of drug-likeness (QED) is 0.800. The number of hydrogen-bond acceptors (Lipinski definition) is 1. The lowest BCUT2D eigenvalue weighted by Gasteiger charge is -2.26. The maximum Gasteiger partial charge on any atom is 0.0131 e. The summed E-state index contributed by atoms with van der Waals surface area (Å²) in [7, 11) is 0. The second-order valence-corrected chi connectivity index (χ2v) is 4.75. The topological polar surface area (TPSA) is 26.0 Å². The molecule has 0 aliphatic heterocycles. The highest BCUT2D eigenvalue weighted by Gasteiger charge is 2.20. The fourth-order valence-electron chi connectivity index (χ4n) is 2.01. The zero-order valence-electron chi connectivity index (χ0n) is 10.3. The van der Waals surface area contributed by atoms with Crippen LogP contribution in [0.25, 0.3) is 0 Å². The van der Waals surface area contributed by atoms with Gasteiger partial charge in [0.1, 0.15) is 0 Å². The Bertz CT molecular complexity index is 287. The summed E-state index contributed by atoms with van der Waals surface area (Å²) in [5.41, 5.74) is 8.93. The van der Waals surface area contributed by atoms with Gasteiger partial charge in [-0.25, -0.2) is 0 Å². The first-order valence-electron chi connectivity index (χ1n) is 5.88. The van der Waals surface area contributed by atoms with Gasteiger partial charge in [0.2, 0.25) is 0 Å². The standard InChI is InChI=1S/C14H23N/c1-5-13(14(15)10(2)3)12-8-6-11(4)7-9-12/h6-10,13-14H,5,15H2,1-4H3. The summed E-state index contributed by atoms with van der Waals surface area (Å²) >= 11 is 0. The Balaban J connectivity index is 2.87. The van der Waals surface area contributed by atoms with Crippen molar-refractivity contribution in [3.63, 3.8) is 0 Å². The van der Waals surface area contributed by atoms with E-state index in [0.717, 1.165) is 6.42 Å². The minimum absolute atomic E-state index is 0.262. The van der Waals surface area contributed by atoms with Gasteiger partial charge in [0, 0.05) is 6.04 Å². The second kappa shape index (κ2) is 5.32. The SMILES string of the molecule is CCC(c1ccc(C)cc1)C(N)C(C)C. The van der Waals surface area contributed by atoms with E-state index in [1.807, 2.05) is 0 Å². The third-order valence-electron chi connectivity index (χ3n) is 3.18. The van der Waals surface area contributed by atoms with Crippen LogP contribution >= 0.6 is 0 Å². The van der Waals surface area contributed by atoms with Crippen molar-refractivity contribution in [2.24, 2.45) is 11.7 Å². The Morgan fingerprint density at radius 3 is 2.07 bits per heavy atom. The van der Waals surface area contributed by atoms with Crippen molar-refractivity contribution in [3.05, 3.63) is 35.4 Å². The van der Waals surface area contributed by atoms with Crippen molar-refractivity contribution in [2.75, 3.05) is 0 Å². The van der Waals surface area contributed by atoms with Gasteiger partial charge >= 0.3 is 0 Å². The molecule has 0 fully saturated rings. The molecule has 0 heterocycles. The van der Waals surface area contributed by atoms with Crippen molar-refractivity contribution in [2.45, 2.75) is 46.1 Å². The summed E-state index contributed by atoms with van der Waals surface area (Å²) in [5.74, 6) is 1.03. The third-order valence-corrected chi connectivity index (χ3v) is 3.18. The van der Waals surface area contributed by atoms with Gasteiger partial charge in [-0.05, 0) is 30.7 Å². The number of hydrogen-bond donors (Lipinski definition) is 1. The fourth-order valence-corrected chi connectivity index (χ4v) is 2.01. The number of aryl methyl sites for hydroxylation is 1. The van der Waals surface area contributed by atoms with Crippen molar-refractivity contribution < 1.29 is 0 Å². The monoisotopic (exact) mass is 205 g/mol. The maximum absolute atomic E-state index is 6.24. The molecule has 0 bridgehead atoms. The molecule has 0 amide bonds. The lowest BCUT2D eigenvalue weighted by molar-refractivity contribution is 0.408. The summed E-state index contributed by atoms with van der Waals surface area (Å²) < 4.78 is 0. The van der Waals surface area contributed by atoms with Crippen LogP contribution in [0.1, 0.15) is 44.2 Å². The molecule has 0 saturated carbocycles. The molecule has 0 saturated heterocycles. The van der Waals surface area contributed by atoms with Gasteiger partial charge in [0.15, 0.2) is 0 Å². The Morgan fingerprint density at radius 2 is 1.67 bits per heavy atom. The number of nitrogens with two attached hydrogens (primary N) is 1. The van der Waals surface area contributed by atoms with E-state index in [4.69, 9.17) is 5.73 Å². The Kier molecular flexibility index (Phi) is 4.34. The molecule has 0 spiro atoms. The van der Waals surface area contributed by atoms with Crippen molar-refractivity contribution >= 4 is 0 Å². The van der Waals surface area contributed by atoms with Crippen molar-refractivity contribution in [3.8, 4) is 0 Å². The summed E-state index contributed by atoms with van der Waals surface area (Å²) in [5, 5.41) is 0. The first-order chi connectivity index (χ1) is 7.06. The van der Waals surface area contributed by atoms with Crippen LogP contribution < -0.4 is 5.73 Å². The van der Waals surface area contributed by atoms with Gasteiger partial charge in [-0.1, -0.05) is 50.6 Å². The van der Waals surface area contributed by atoms with E-state index in [0.29, 0.717) is 11.8 Å². The second-order valence-electron chi connectivity index (χ2n) is 4.75. The molecule has 1 heteroatoms. The van der Waals surface area contributed by atoms with Gasteiger partial charge in [-0.15, -0.1) is 0 Å². The smallest absolute Gasteiger partial charge is 0.0131 e. The molecule has 84 valence electrons. The molecule has 1 rings (SSSR count). The lowest BCUT2D eigenvalue weighted by atomic mass is 9.84. The predicted octanol–water partition coefficient (Wildman–Crippen LogP) is 3.47. The lowest BCUT2D eigenvalue weighted by Crippen LogP contribution is -2.33. The molecule has 0 aliphatic rings.